The van der Waals surface area contributed by atoms with Crippen molar-refractivity contribution >= 4 is 18.0 Å². The molecule has 0 aromatic carbocycles. The molecule has 0 aliphatic carbocycles. The average Bonchev–Trinajstić information content (AvgIpc) is 2.84. The standard InChI is InChI=1S/C10H19NO3.C5H7NO3/c1-10(2,3)14-9(13)11-6-4-5-8(12)7-11;7-4-2-1-3(6-4)5(8)9/h8,12H,4-7H2,1-3H3;3H,1-2H2,(H,6,7)(H,8,9)/t8-;3-/m00/s1. The summed E-state index contributed by atoms with van der Waals surface area (Å²) >= 11 is 0. The van der Waals surface area contributed by atoms with E-state index in [1.54, 1.807) is 4.90 Å². The van der Waals surface area contributed by atoms with Crippen LogP contribution < -0.4 is 5.32 Å². The van der Waals surface area contributed by atoms with Gasteiger partial charge in [0.15, 0.2) is 0 Å². The van der Waals surface area contributed by atoms with E-state index in [0.29, 0.717) is 25.9 Å². The molecule has 0 spiro atoms. The largest absolute Gasteiger partial charge is 0.480 e. The van der Waals surface area contributed by atoms with E-state index in [4.69, 9.17) is 9.84 Å². The number of amides is 2. The molecule has 2 aliphatic heterocycles. The minimum absolute atomic E-state index is 0.164. The molecule has 2 atom stereocenters. The monoisotopic (exact) mass is 330 g/mol. The molecule has 2 rings (SSSR count). The van der Waals surface area contributed by atoms with Gasteiger partial charge in [-0.15, -0.1) is 0 Å². The van der Waals surface area contributed by atoms with Gasteiger partial charge >= 0.3 is 12.1 Å². The molecule has 0 aromatic heterocycles. The number of aliphatic hydroxyl groups is 1. The Hall–Kier alpha value is -1.83. The van der Waals surface area contributed by atoms with E-state index >= 15 is 0 Å². The fourth-order valence-electron chi connectivity index (χ4n) is 2.25. The van der Waals surface area contributed by atoms with Gasteiger partial charge in [0, 0.05) is 19.5 Å². The number of nitrogens with zero attached hydrogens (tertiary/aromatic N) is 1. The number of hydrogen-bond donors (Lipinski definition) is 3. The molecule has 3 N–H and O–H groups in total. The van der Waals surface area contributed by atoms with Crippen molar-refractivity contribution in [3.8, 4) is 0 Å². The first-order chi connectivity index (χ1) is 10.6. The van der Waals surface area contributed by atoms with Gasteiger partial charge in [-0.05, 0) is 40.0 Å². The van der Waals surface area contributed by atoms with E-state index in [1.807, 2.05) is 20.8 Å². The van der Waals surface area contributed by atoms with Gasteiger partial charge < -0.3 is 25.2 Å². The van der Waals surface area contributed by atoms with E-state index in [1.165, 1.54) is 0 Å². The number of ether oxygens (including phenoxy) is 1. The smallest absolute Gasteiger partial charge is 0.410 e. The number of likely N-dealkylation sites (tertiary alicyclic amines) is 1. The highest BCUT2D eigenvalue weighted by molar-refractivity contribution is 5.87. The van der Waals surface area contributed by atoms with Crippen LogP contribution in [0.5, 0.6) is 0 Å². The number of carboxylic acid groups (broad SMARTS) is 1. The summed E-state index contributed by atoms with van der Waals surface area (Å²) in [5.41, 5.74) is -0.459. The van der Waals surface area contributed by atoms with Crippen molar-refractivity contribution in [3.05, 3.63) is 0 Å². The van der Waals surface area contributed by atoms with Crippen molar-refractivity contribution in [2.45, 2.75) is 64.2 Å². The lowest BCUT2D eigenvalue weighted by molar-refractivity contribution is -0.140. The summed E-state index contributed by atoms with van der Waals surface area (Å²) in [7, 11) is 0. The van der Waals surface area contributed by atoms with Gasteiger partial charge in [-0.2, -0.15) is 0 Å². The number of nitrogens with one attached hydrogen (secondary N) is 1. The summed E-state index contributed by atoms with van der Waals surface area (Å²) in [5, 5.41) is 20.0. The molecule has 2 amide bonds. The summed E-state index contributed by atoms with van der Waals surface area (Å²) in [4.78, 5) is 33.6. The van der Waals surface area contributed by atoms with Crippen LogP contribution in [0.4, 0.5) is 4.79 Å². The number of aliphatic carboxylic acids is 1. The number of β-amino-alcohol motifs (C(OH)–C–C–N with tert-alkyl or cyclic N) is 1. The van der Waals surface area contributed by atoms with Crippen molar-refractivity contribution in [1.82, 2.24) is 10.2 Å². The minimum Gasteiger partial charge on any atom is -0.480 e. The zero-order chi connectivity index (χ0) is 17.6. The summed E-state index contributed by atoms with van der Waals surface area (Å²) in [6.07, 6.45) is 1.68. The number of carbonyl (C=O) groups excluding carboxylic acids is 2. The predicted molar refractivity (Wildman–Crippen MR) is 81.8 cm³/mol. The number of carboxylic acids is 1. The molecule has 0 bridgehead atoms. The summed E-state index contributed by atoms with van der Waals surface area (Å²) < 4.78 is 5.20. The van der Waals surface area contributed by atoms with Crippen LogP contribution in [-0.2, 0) is 14.3 Å². The first-order valence-electron chi connectivity index (χ1n) is 7.76. The van der Waals surface area contributed by atoms with Crippen molar-refractivity contribution in [2.24, 2.45) is 0 Å². The van der Waals surface area contributed by atoms with Gasteiger partial charge in [-0.25, -0.2) is 9.59 Å². The van der Waals surface area contributed by atoms with Gasteiger partial charge in [0.25, 0.3) is 0 Å². The molecule has 0 unspecified atom stereocenters. The minimum atomic E-state index is -0.944. The molecule has 0 aromatic rings. The van der Waals surface area contributed by atoms with Crippen LogP contribution >= 0.6 is 0 Å². The Morgan fingerprint density at radius 2 is 1.96 bits per heavy atom. The zero-order valence-corrected chi connectivity index (χ0v) is 13.9. The van der Waals surface area contributed by atoms with Crippen molar-refractivity contribution in [3.63, 3.8) is 0 Å². The van der Waals surface area contributed by atoms with E-state index < -0.39 is 23.7 Å². The Morgan fingerprint density at radius 3 is 2.35 bits per heavy atom. The normalized spacial score (nSPS) is 24.3. The lowest BCUT2D eigenvalue weighted by Gasteiger charge is -2.32. The van der Waals surface area contributed by atoms with E-state index in [-0.39, 0.29) is 12.0 Å². The quantitative estimate of drug-likeness (QED) is 0.652. The van der Waals surface area contributed by atoms with E-state index in [0.717, 1.165) is 12.8 Å². The number of aliphatic hydroxyl groups excluding tert-OH is 1. The Bertz CT molecular complexity index is 446. The maximum atomic E-state index is 11.6. The van der Waals surface area contributed by atoms with E-state index in [9.17, 15) is 19.5 Å². The second-order valence-corrected chi connectivity index (χ2v) is 6.72. The average molecular weight is 330 g/mol. The van der Waals surface area contributed by atoms with Crippen LogP contribution in [-0.4, -0.2) is 63.9 Å². The number of rotatable bonds is 1. The molecule has 2 saturated heterocycles. The summed E-state index contributed by atoms with van der Waals surface area (Å²) in [6.45, 7) is 6.60. The second-order valence-electron chi connectivity index (χ2n) is 6.72. The lowest BCUT2D eigenvalue weighted by Crippen LogP contribution is -2.44. The Balaban J connectivity index is 0.000000253. The lowest BCUT2D eigenvalue weighted by atomic mass is 10.1. The Morgan fingerprint density at radius 1 is 1.30 bits per heavy atom. The second kappa shape index (κ2) is 8.14. The summed E-state index contributed by atoms with van der Waals surface area (Å²) in [5.74, 6) is -1.11. The van der Waals surface area contributed by atoms with Crippen LogP contribution in [0, 0.1) is 0 Å². The van der Waals surface area contributed by atoms with Crippen molar-refractivity contribution in [2.75, 3.05) is 13.1 Å². The molecule has 2 fully saturated rings. The van der Waals surface area contributed by atoms with Crippen molar-refractivity contribution < 1.29 is 29.3 Å². The van der Waals surface area contributed by atoms with Crippen LogP contribution in [0.3, 0.4) is 0 Å². The topological polar surface area (TPSA) is 116 Å². The number of carbonyl (C=O) groups is 3. The number of piperidine rings is 1. The van der Waals surface area contributed by atoms with Gasteiger partial charge in [0.05, 0.1) is 6.10 Å². The highest BCUT2D eigenvalue weighted by Crippen LogP contribution is 2.14. The third-order valence-electron chi connectivity index (χ3n) is 3.34. The van der Waals surface area contributed by atoms with Crippen LogP contribution in [0.15, 0.2) is 0 Å². The number of hydrogen-bond acceptors (Lipinski definition) is 5. The van der Waals surface area contributed by atoms with Crippen molar-refractivity contribution in [1.29, 1.82) is 0 Å². The molecule has 2 heterocycles. The third kappa shape index (κ3) is 7.32. The molecule has 2 aliphatic rings. The van der Waals surface area contributed by atoms with Crippen LogP contribution in [0.25, 0.3) is 0 Å². The fraction of sp³-hybridized carbons (Fsp3) is 0.800. The first-order valence-corrected chi connectivity index (χ1v) is 7.76. The highest BCUT2D eigenvalue weighted by atomic mass is 16.6. The zero-order valence-electron chi connectivity index (χ0n) is 13.9. The Kier molecular flexibility index (Phi) is 6.80. The fourth-order valence-corrected chi connectivity index (χ4v) is 2.25. The van der Waals surface area contributed by atoms with Gasteiger partial charge in [0.1, 0.15) is 11.6 Å². The van der Waals surface area contributed by atoms with Crippen LogP contribution in [0.2, 0.25) is 0 Å². The first kappa shape index (κ1) is 19.2. The molecule has 0 radical (unpaired) electrons. The molecule has 8 heteroatoms. The molecule has 8 nitrogen and oxygen atoms in total. The predicted octanol–water partition coefficient (Wildman–Crippen LogP) is 0.728. The Labute approximate surface area is 135 Å². The van der Waals surface area contributed by atoms with E-state index in [2.05, 4.69) is 5.32 Å². The highest BCUT2D eigenvalue weighted by Gasteiger charge is 2.27. The van der Waals surface area contributed by atoms with Gasteiger partial charge in [-0.3, -0.25) is 4.79 Å². The molecule has 132 valence electrons. The maximum Gasteiger partial charge on any atom is 0.410 e. The SMILES string of the molecule is CC(C)(C)OC(=O)N1CCC[C@H](O)C1.O=C1CC[C@@H](C(=O)O)N1. The molecular formula is C15H26N2O6. The van der Waals surface area contributed by atoms with Crippen LogP contribution in [0.1, 0.15) is 46.5 Å². The molecule has 0 saturated carbocycles. The maximum absolute atomic E-state index is 11.6. The molecular weight excluding hydrogens is 304 g/mol. The van der Waals surface area contributed by atoms with Gasteiger partial charge in [0.2, 0.25) is 5.91 Å². The molecule has 23 heavy (non-hydrogen) atoms. The summed E-state index contributed by atoms with van der Waals surface area (Å²) in [6, 6.07) is -0.641. The van der Waals surface area contributed by atoms with Gasteiger partial charge in [-0.1, -0.05) is 0 Å². The third-order valence-corrected chi connectivity index (χ3v) is 3.34.